The Balaban J connectivity index is 2.01. The Morgan fingerprint density at radius 1 is 1.33 bits per heavy atom. The van der Waals surface area contributed by atoms with Crippen molar-refractivity contribution in [1.29, 1.82) is 0 Å². The highest BCUT2D eigenvalue weighted by molar-refractivity contribution is 7.99. The van der Waals surface area contributed by atoms with Crippen LogP contribution in [0.25, 0.3) is 5.69 Å². The van der Waals surface area contributed by atoms with E-state index in [-0.39, 0.29) is 11.8 Å². The van der Waals surface area contributed by atoms with Crippen LogP contribution in [0.3, 0.4) is 0 Å². The van der Waals surface area contributed by atoms with Gasteiger partial charge in [0.25, 0.3) is 0 Å². The van der Waals surface area contributed by atoms with Crippen LogP contribution in [0.5, 0.6) is 5.75 Å². The van der Waals surface area contributed by atoms with E-state index in [4.69, 9.17) is 4.74 Å². The average molecular weight is 350 g/mol. The number of rotatable bonds is 6. The number of carbonyl (C=O) groups excluding carboxylic acids is 2. The highest BCUT2D eigenvalue weighted by atomic mass is 32.2. The molecule has 0 atom stereocenters. The predicted molar refractivity (Wildman–Crippen MR) is 88.2 cm³/mol. The number of hydrogen-bond donors (Lipinski definition) is 2. The van der Waals surface area contributed by atoms with Crippen LogP contribution in [0.4, 0.5) is 4.79 Å². The van der Waals surface area contributed by atoms with Gasteiger partial charge in [-0.1, -0.05) is 23.9 Å². The molecule has 0 bridgehead atoms. The normalized spacial score (nSPS) is 10.5. The molecule has 2 rings (SSSR count). The van der Waals surface area contributed by atoms with E-state index in [1.807, 2.05) is 12.1 Å². The van der Waals surface area contributed by atoms with E-state index in [1.165, 1.54) is 4.68 Å². The molecule has 1 aromatic carbocycles. The molecule has 0 saturated carbocycles. The van der Waals surface area contributed by atoms with Crippen LogP contribution < -0.4 is 15.4 Å². The number of carbonyl (C=O) groups is 2. The molecule has 0 fully saturated rings. The first-order chi connectivity index (χ1) is 11.5. The fraction of sp³-hybridized carbons (Fsp3) is 0.357. The van der Waals surface area contributed by atoms with Crippen LogP contribution in [-0.4, -0.2) is 51.1 Å². The molecule has 24 heavy (non-hydrogen) atoms. The highest BCUT2D eigenvalue weighted by Gasteiger charge is 2.15. The molecule has 0 saturated heterocycles. The molecule has 10 heteroatoms. The Hall–Kier alpha value is -2.62. The molecule has 1 aromatic heterocycles. The van der Waals surface area contributed by atoms with Crippen molar-refractivity contribution in [2.75, 3.05) is 12.9 Å². The van der Waals surface area contributed by atoms with Gasteiger partial charge in [0.2, 0.25) is 11.1 Å². The van der Waals surface area contributed by atoms with E-state index < -0.39 is 11.9 Å². The number of methoxy groups -OCH3 is 1. The van der Waals surface area contributed by atoms with E-state index in [1.54, 1.807) is 33.1 Å². The van der Waals surface area contributed by atoms with Gasteiger partial charge < -0.3 is 10.1 Å². The summed E-state index contributed by atoms with van der Waals surface area (Å²) in [6, 6.07) is 6.67. The van der Waals surface area contributed by atoms with Crippen molar-refractivity contribution in [2.24, 2.45) is 0 Å². The third-order valence-electron chi connectivity index (χ3n) is 2.76. The lowest BCUT2D eigenvalue weighted by Crippen LogP contribution is -2.43. The van der Waals surface area contributed by atoms with Gasteiger partial charge in [0.15, 0.2) is 0 Å². The number of aromatic nitrogens is 4. The summed E-state index contributed by atoms with van der Waals surface area (Å²) in [4.78, 5) is 23.3. The van der Waals surface area contributed by atoms with Crippen molar-refractivity contribution in [3.63, 3.8) is 0 Å². The summed E-state index contributed by atoms with van der Waals surface area (Å²) < 4.78 is 6.76. The standard InChI is InChI=1S/C14H18N6O3S/c1-9(2)15-13(22)16-12(21)8-24-14-17-18-19-20(14)10-6-4-5-7-11(10)23-3/h4-7,9H,8H2,1-3H3,(H2,15,16,21,22). The number of para-hydroxylation sites is 2. The van der Waals surface area contributed by atoms with Crippen molar-refractivity contribution in [2.45, 2.75) is 25.0 Å². The molecular weight excluding hydrogens is 332 g/mol. The van der Waals surface area contributed by atoms with Crippen LogP contribution in [-0.2, 0) is 4.79 Å². The van der Waals surface area contributed by atoms with Gasteiger partial charge in [0, 0.05) is 6.04 Å². The maximum Gasteiger partial charge on any atom is 0.321 e. The Labute approximate surface area is 143 Å². The molecule has 128 valence electrons. The summed E-state index contributed by atoms with van der Waals surface area (Å²) in [5.41, 5.74) is 0.658. The molecule has 0 radical (unpaired) electrons. The van der Waals surface area contributed by atoms with Gasteiger partial charge in [-0.15, -0.1) is 5.10 Å². The van der Waals surface area contributed by atoms with Gasteiger partial charge in [-0.2, -0.15) is 4.68 Å². The number of thioether (sulfide) groups is 1. The first-order valence-corrected chi connectivity index (χ1v) is 8.14. The maximum atomic E-state index is 11.8. The van der Waals surface area contributed by atoms with E-state index in [0.29, 0.717) is 16.6 Å². The van der Waals surface area contributed by atoms with E-state index in [0.717, 1.165) is 11.8 Å². The predicted octanol–water partition coefficient (Wildman–Crippen LogP) is 0.997. The molecule has 3 amide bonds. The molecule has 0 unspecified atom stereocenters. The zero-order valence-corrected chi connectivity index (χ0v) is 14.3. The maximum absolute atomic E-state index is 11.8. The largest absolute Gasteiger partial charge is 0.494 e. The Kier molecular flexibility index (Phi) is 6.13. The van der Waals surface area contributed by atoms with Crippen molar-refractivity contribution < 1.29 is 14.3 Å². The second-order valence-corrected chi connectivity index (χ2v) is 5.95. The minimum Gasteiger partial charge on any atom is -0.494 e. The quantitative estimate of drug-likeness (QED) is 0.748. The summed E-state index contributed by atoms with van der Waals surface area (Å²) >= 11 is 1.12. The van der Waals surface area contributed by atoms with Crippen LogP contribution in [0.2, 0.25) is 0 Å². The molecule has 2 N–H and O–H groups in total. The lowest BCUT2D eigenvalue weighted by molar-refractivity contribution is -0.117. The van der Waals surface area contributed by atoms with Crippen molar-refractivity contribution in [3.05, 3.63) is 24.3 Å². The third-order valence-corrected chi connectivity index (χ3v) is 3.68. The van der Waals surface area contributed by atoms with E-state index in [9.17, 15) is 9.59 Å². The molecule has 9 nitrogen and oxygen atoms in total. The number of ether oxygens (including phenoxy) is 1. The number of amides is 3. The van der Waals surface area contributed by atoms with Gasteiger partial charge >= 0.3 is 6.03 Å². The zero-order chi connectivity index (χ0) is 17.5. The number of hydrogen-bond acceptors (Lipinski definition) is 7. The fourth-order valence-corrected chi connectivity index (χ4v) is 2.50. The molecule has 0 spiro atoms. The zero-order valence-electron chi connectivity index (χ0n) is 13.5. The number of nitrogens with one attached hydrogen (secondary N) is 2. The van der Waals surface area contributed by atoms with Gasteiger partial charge in [-0.3, -0.25) is 10.1 Å². The van der Waals surface area contributed by atoms with Crippen LogP contribution in [0, 0.1) is 0 Å². The number of benzene rings is 1. The van der Waals surface area contributed by atoms with Gasteiger partial charge in [0.05, 0.1) is 12.9 Å². The summed E-state index contributed by atoms with van der Waals surface area (Å²) in [6.45, 7) is 3.61. The summed E-state index contributed by atoms with van der Waals surface area (Å²) in [6.07, 6.45) is 0. The SMILES string of the molecule is COc1ccccc1-n1nnnc1SCC(=O)NC(=O)NC(C)C. The van der Waals surface area contributed by atoms with Gasteiger partial charge in [0.1, 0.15) is 11.4 Å². The first-order valence-electron chi connectivity index (χ1n) is 7.16. The average Bonchev–Trinajstić information content (AvgIpc) is 3.00. The molecule has 0 aliphatic rings. The molecule has 0 aliphatic carbocycles. The van der Waals surface area contributed by atoms with Crippen molar-refractivity contribution in [1.82, 2.24) is 30.8 Å². The summed E-state index contributed by atoms with van der Waals surface area (Å²) in [7, 11) is 1.55. The number of imide groups is 1. The molecule has 0 aliphatic heterocycles. The third kappa shape index (κ3) is 4.69. The van der Waals surface area contributed by atoms with Gasteiger partial charge in [-0.05, 0) is 36.4 Å². The molecule has 2 aromatic rings. The number of nitrogens with zero attached hydrogens (tertiary/aromatic N) is 4. The highest BCUT2D eigenvalue weighted by Crippen LogP contribution is 2.25. The summed E-state index contributed by atoms with van der Waals surface area (Å²) in [5, 5.41) is 16.7. The van der Waals surface area contributed by atoms with Crippen molar-refractivity contribution in [3.8, 4) is 11.4 Å². The van der Waals surface area contributed by atoms with E-state index >= 15 is 0 Å². The van der Waals surface area contributed by atoms with Crippen molar-refractivity contribution >= 4 is 23.7 Å². The second-order valence-electron chi connectivity index (χ2n) is 5.01. The molecule has 1 heterocycles. The van der Waals surface area contributed by atoms with Crippen LogP contribution in [0.1, 0.15) is 13.8 Å². The fourth-order valence-electron chi connectivity index (χ4n) is 1.82. The van der Waals surface area contributed by atoms with Gasteiger partial charge in [-0.25, -0.2) is 4.79 Å². The second kappa shape index (κ2) is 8.29. The minimum atomic E-state index is -0.528. The number of urea groups is 1. The lowest BCUT2D eigenvalue weighted by Gasteiger charge is -2.10. The van der Waals surface area contributed by atoms with Crippen LogP contribution in [0.15, 0.2) is 29.4 Å². The van der Waals surface area contributed by atoms with E-state index in [2.05, 4.69) is 26.2 Å². The topological polar surface area (TPSA) is 111 Å². The lowest BCUT2D eigenvalue weighted by atomic mass is 10.3. The Morgan fingerprint density at radius 3 is 2.79 bits per heavy atom. The Morgan fingerprint density at radius 2 is 2.08 bits per heavy atom. The molecular formula is C14H18N6O3S. The smallest absolute Gasteiger partial charge is 0.321 e. The number of tetrazole rings is 1. The first kappa shape index (κ1) is 17.7. The minimum absolute atomic E-state index is 0.00103. The summed E-state index contributed by atoms with van der Waals surface area (Å²) in [5.74, 6) is 0.168. The monoisotopic (exact) mass is 350 g/mol. The van der Waals surface area contributed by atoms with Crippen LogP contribution >= 0.6 is 11.8 Å². The Bertz CT molecular complexity index is 718.